The first kappa shape index (κ1) is 14.5. The van der Waals surface area contributed by atoms with Crippen molar-refractivity contribution in [3.05, 3.63) is 60.2 Å². The highest BCUT2D eigenvalue weighted by molar-refractivity contribution is 5.79. The fourth-order valence-corrected chi connectivity index (χ4v) is 2.69. The number of anilines is 1. The van der Waals surface area contributed by atoms with E-state index in [4.69, 9.17) is 0 Å². The molecule has 0 aliphatic carbocycles. The molecule has 3 rings (SSSR count). The average molecular weight is 299 g/mol. The monoisotopic (exact) mass is 299 g/mol. The highest BCUT2D eigenvalue weighted by Crippen LogP contribution is 2.20. The molecule has 0 bridgehead atoms. The summed E-state index contributed by atoms with van der Waals surface area (Å²) in [7, 11) is 0. The van der Waals surface area contributed by atoms with Crippen molar-refractivity contribution in [2.45, 2.75) is 6.42 Å². The van der Waals surface area contributed by atoms with Gasteiger partial charge < -0.3 is 9.80 Å². The molecule has 0 atom stereocenters. The Morgan fingerprint density at radius 3 is 2.41 bits per heavy atom. The van der Waals surface area contributed by atoms with Crippen molar-refractivity contribution in [1.29, 1.82) is 0 Å². The predicted molar refractivity (Wildman–Crippen MR) is 83.1 cm³/mol. The third-order valence-corrected chi connectivity index (χ3v) is 3.93. The quantitative estimate of drug-likeness (QED) is 0.871. The van der Waals surface area contributed by atoms with Gasteiger partial charge in [-0.15, -0.1) is 0 Å². The number of nitrogens with zero attached hydrogens (tertiary/aromatic N) is 3. The number of piperazine rings is 1. The summed E-state index contributed by atoms with van der Waals surface area (Å²) in [5.41, 5.74) is 1.58. The van der Waals surface area contributed by atoms with Crippen LogP contribution in [0.15, 0.2) is 48.8 Å². The number of amides is 1. The molecular formula is C17H18FN3O. The zero-order chi connectivity index (χ0) is 15.4. The van der Waals surface area contributed by atoms with Crippen molar-refractivity contribution in [2.75, 3.05) is 31.1 Å². The molecule has 2 aromatic rings. The van der Waals surface area contributed by atoms with E-state index in [1.54, 1.807) is 24.5 Å². The smallest absolute Gasteiger partial charge is 0.227 e. The van der Waals surface area contributed by atoms with E-state index in [0.717, 1.165) is 5.56 Å². The predicted octanol–water partition coefficient (Wildman–Crippen LogP) is 2.11. The van der Waals surface area contributed by atoms with Crippen molar-refractivity contribution in [2.24, 2.45) is 0 Å². The normalized spacial score (nSPS) is 15.0. The first-order valence-electron chi connectivity index (χ1n) is 7.40. The lowest BCUT2D eigenvalue weighted by Gasteiger charge is -2.36. The van der Waals surface area contributed by atoms with E-state index in [1.165, 1.54) is 6.07 Å². The molecule has 1 aliphatic rings. The van der Waals surface area contributed by atoms with Gasteiger partial charge in [-0.25, -0.2) is 4.39 Å². The molecule has 0 saturated carbocycles. The fourth-order valence-electron chi connectivity index (χ4n) is 2.69. The van der Waals surface area contributed by atoms with Gasteiger partial charge in [-0.2, -0.15) is 0 Å². The van der Waals surface area contributed by atoms with Gasteiger partial charge in [0.2, 0.25) is 5.91 Å². The Morgan fingerprint density at radius 1 is 1.05 bits per heavy atom. The van der Waals surface area contributed by atoms with Crippen molar-refractivity contribution in [1.82, 2.24) is 9.88 Å². The Labute approximate surface area is 129 Å². The number of pyridine rings is 1. The van der Waals surface area contributed by atoms with Gasteiger partial charge in [0.05, 0.1) is 12.1 Å². The zero-order valence-corrected chi connectivity index (χ0v) is 12.3. The molecule has 1 fully saturated rings. The van der Waals surface area contributed by atoms with Crippen LogP contribution < -0.4 is 4.90 Å². The van der Waals surface area contributed by atoms with Crippen molar-refractivity contribution in [3.63, 3.8) is 0 Å². The SMILES string of the molecule is O=C(Cc1ccncc1)N1CCN(c2ccccc2F)CC1. The van der Waals surface area contributed by atoms with Crippen molar-refractivity contribution in [3.8, 4) is 0 Å². The lowest BCUT2D eigenvalue weighted by Crippen LogP contribution is -2.49. The van der Waals surface area contributed by atoms with Gasteiger partial charge in [-0.05, 0) is 29.8 Å². The van der Waals surface area contributed by atoms with E-state index < -0.39 is 0 Å². The third-order valence-electron chi connectivity index (χ3n) is 3.93. The third kappa shape index (κ3) is 3.24. The minimum absolute atomic E-state index is 0.111. The van der Waals surface area contributed by atoms with Crippen LogP contribution in [-0.4, -0.2) is 42.0 Å². The van der Waals surface area contributed by atoms with Crippen LogP contribution in [0.2, 0.25) is 0 Å². The molecule has 2 heterocycles. The van der Waals surface area contributed by atoms with E-state index >= 15 is 0 Å². The summed E-state index contributed by atoms with van der Waals surface area (Å²) in [6.07, 6.45) is 3.78. The Hall–Kier alpha value is -2.43. The zero-order valence-electron chi connectivity index (χ0n) is 12.3. The van der Waals surface area contributed by atoms with Crippen LogP contribution in [0, 0.1) is 5.82 Å². The maximum absolute atomic E-state index is 13.8. The molecule has 1 saturated heterocycles. The van der Waals surface area contributed by atoms with E-state index in [-0.39, 0.29) is 11.7 Å². The van der Waals surface area contributed by atoms with Crippen LogP contribution in [0.25, 0.3) is 0 Å². The maximum atomic E-state index is 13.8. The summed E-state index contributed by atoms with van der Waals surface area (Å²) < 4.78 is 13.8. The molecule has 1 aromatic carbocycles. The number of halogens is 1. The minimum Gasteiger partial charge on any atom is -0.366 e. The van der Waals surface area contributed by atoms with Gasteiger partial charge in [-0.1, -0.05) is 12.1 Å². The molecule has 0 unspecified atom stereocenters. The molecule has 1 aromatic heterocycles. The molecule has 5 heteroatoms. The minimum atomic E-state index is -0.209. The number of benzene rings is 1. The van der Waals surface area contributed by atoms with Crippen LogP contribution in [0.3, 0.4) is 0 Å². The van der Waals surface area contributed by atoms with Crippen LogP contribution in [0.5, 0.6) is 0 Å². The number of rotatable bonds is 3. The first-order valence-corrected chi connectivity index (χ1v) is 7.40. The second-order valence-electron chi connectivity index (χ2n) is 5.35. The highest BCUT2D eigenvalue weighted by atomic mass is 19.1. The van der Waals surface area contributed by atoms with Crippen LogP contribution in [0.1, 0.15) is 5.56 Å². The molecule has 0 spiro atoms. The Balaban J connectivity index is 1.58. The first-order chi connectivity index (χ1) is 10.7. The van der Waals surface area contributed by atoms with Gasteiger partial charge in [-0.3, -0.25) is 9.78 Å². The molecule has 4 nitrogen and oxygen atoms in total. The summed E-state index contributed by atoms with van der Waals surface area (Å²) in [4.78, 5) is 20.1. The van der Waals surface area contributed by atoms with Gasteiger partial charge in [0.15, 0.2) is 0 Å². The molecule has 22 heavy (non-hydrogen) atoms. The number of para-hydroxylation sites is 1. The lowest BCUT2D eigenvalue weighted by atomic mass is 10.1. The average Bonchev–Trinajstić information content (AvgIpc) is 2.56. The lowest BCUT2D eigenvalue weighted by molar-refractivity contribution is -0.130. The van der Waals surface area contributed by atoms with Crippen LogP contribution in [-0.2, 0) is 11.2 Å². The number of hydrogen-bond donors (Lipinski definition) is 0. The van der Waals surface area contributed by atoms with Crippen molar-refractivity contribution >= 4 is 11.6 Å². The summed E-state index contributed by atoms with van der Waals surface area (Å²) >= 11 is 0. The molecule has 114 valence electrons. The Bertz CT molecular complexity index is 639. The molecule has 1 amide bonds. The number of carbonyl (C=O) groups is 1. The Kier molecular flexibility index (Phi) is 4.32. The fraction of sp³-hybridized carbons (Fsp3) is 0.294. The summed E-state index contributed by atoms with van der Waals surface area (Å²) in [5, 5.41) is 0. The topological polar surface area (TPSA) is 36.4 Å². The molecule has 0 N–H and O–H groups in total. The van der Waals surface area contributed by atoms with Gasteiger partial charge in [0, 0.05) is 38.6 Å². The van der Waals surface area contributed by atoms with Gasteiger partial charge in [0.1, 0.15) is 5.82 Å². The van der Waals surface area contributed by atoms with E-state index in [9.17, 15) is 9.18 Å². The van der Waals surface area contributed by atoms with E-state index in [1.807, 2.05) is 28.0 Å². The summed E-state index contributed by atoms with van der Waals surface area (Å²) in [6.45, 7) is 2.56. The molecule has 0 radical (unpaired) electrons. The largest absolute Gasteiger partial charge is 0.366 e. The summed E-state index contributed by atoms with van der Waals surface area (Å²) in [6, 6.07) is 10.5. The second kappa shape index (κ2) is 6.56. The second-order valence-corrected chi connectivity index (χ2v) is 5.35. The number of hydrogen-bond acceptors (Lipinski definition) is 3. The van der Waals surface area contributed by atoms with E-state index in [0.29, 0.717) is 38.3 Å². The van der Waals surface area contributed by atoms with Crippen LogP contribution in [0.4, 0.5) is 10.1 Å². The van der Waals surface area contributed by atoms with Gasteiger partial charge in [0.25, 0.3) is 0 Å². The Morgan fingerprint density at radius 2 is 1.73 bits per heavy atom. The maximum Gasteiger partial charge on any atom is 0.227 e. The van der Waals surface area contributed by atoms with Gasteiger partial charge >= 0.3 is 0 Å². The van der Waals surface area contributed by atoms with Crippen LogP contribution >= 0.6 is 0 Å². The highest BCUT2D eigenvalue weighted by Gasteiger charge is 2.22. The molecule has 1 aliphatic heterocycles. The molecular weight excluding hydrogens is 281 g/mol. The van der Waals surface area contributed by atoms with Crippen molar-refractivity contribution < 1.29 is 9.18 Å². The number of carbonyl (C=O) groups excluding carboxylic acids is 1. The summed E-state index contributed by atoms with van der Waals surface area (Å²) in [5.74, 6) is -0.0987. The standard InChI is InChI=1S/C17H18FN3O/c18-15-3-1-2-4-16(15)20-9-11-21(12-10-20)17(22)13-14-5-7-19-8-6-14/h1-8H,9-13H2. The van der Waals surface area contributed by atoms with E-state index in [2.05, 4.69) is 4.98 Å². The number of aromatic nitrogens is 1.